The van der Waals surface area contributed by atoms with E-state index in [0.29, 0.717) is 19.1 Å². The molecule has 1 saturated heterocycles. The molecular formula is C9H16O3. The van der Waals surface area contributed by atoms with Crippen LogP contribution in [-0.2, 0) is 14.3 Å². The lowest BCUT2D eigenvalue weighted by atomic mass is 9.94. The van der Waals surface area contributed by atoms with Crippen LogP contribution in [0.15, 0.2) is 0 Å². The third kappa shape index (κ3) is 2.21. The number of ether oxygens (including phenoxy) is 2. The fourth-order valence-corrected chi connectivity index (χ4v) is 1.41. The van der Waals surface area contributed by atoms with Crippen molar-refractivity contribution in [2.45, 2.75) is 20.3 Å². The van der Waals surface area contributed by atoms with Crippen molar-refractivity contribution in [2.75, 3.05) is 19.8 Å². The number of hydrogen-bond donors (Lipinski definition) is 0. The minimum atomic E-state index is -0.0898. The van der Waals surface area contributed by atoms with Crippen molar-refractivity contribution in [1.29, 1.82) is 0 Å². The molecule has 1 fully saturated rings. The number of hydrogen-bond acceptors (Lipinski definition) is 3. The molecule has 0 radical (unpaired) electrons. The first-order valence-electron chi connectivity index (χ1n) is 4.50. The summed E-state index contributed by atoms with van der Waals surface area (Å²) in [4.78, 5) is 11.3. The molecule has 0 aliphatic carbocycles. The minimum Gasteiger partial charge on any atom is -0.466 e. The summed E-state index contributed by atoms with van der Waals surface area (Å²) >= 11 is 0. The van der Waals surface area contributed by atoms with E-state index in [1.807, 2.05) is 13.8 Å². The maximum Gasteiger partial charge on any atom is 0.309 e. The van der Waals surface area contributed by atoms with E-state index in [9.17, 15) is 4.79 Å². The minimum absolute atomic E-state index is 0.00699. The van der Waals surface area contributed by atoms with E-state index in [-0.39, 0.29) is 11.9 Å². The zero-order chi connectivity index (χ0) is 8.97. The first kappa shape index (κ1) is 9.52. The molecule has 1 aliphatic rings. The highest BCUT2D eigenvalue weighted by Crippen LogP contribution is 2.22. The summed E-state index contributed by atoms with van der Waals surface area (Å²) in [6.07, 6.45) is 0.986. The molecule has 0 spiro atoms. The number of esters is 1. The lowest BCUT2D eigenvalue weighted by Crippen LogP contribution is -2.23. The summed E-state index contributed by atoms with van der Waals surface area (Å²) in [5.41, 5.74) is 0. The predicted molar refractivity (Wildman–Crippen MR) is 44.7 cm³/mol. The van der Waals surface area contributed by atoms with Gasteiger partial charge in [0, 0.05) is 6.61 Å². The van der Waals surface area contributed by atoms with Crippen molar-refractivity contribution in [3.63, 3.8) is 0 Å². The van der Waals surface area contributed by atoms with E-state index < -0.39 is 0 Å². The largest absolute Gasteiger partial charge is 0.466 e. The van der Waals surface area contributed by atoms with Crippen LogP contribution < -0.4 is 0 Å². The van der Waals surface area contributed by atoms with Crippen LogP contribution in [-0.4, -0.2) is 25.8 Å². The summed E-state index contributed by atoms with van der Waals surface area (Å²) in [6.45, 7) is 5.71. The molecule has 0 amide bonds. The van der Waals surface area contributed by atoms with Crippen molar-refractivity contribution < 1.29 is 14.3 Å². The highest BCUT2D eigenvalue weighted by Gasteiger charge is 2.28. The van der Waals surface area contributed by atoms with Gasteiger partial charge in [0.2, 0.25) is 0 Å². The number of rotatable bonds is 3. The van der Waals surface area contributed by atoms with Crippen LogP contribution in [0.4, 0.5) is 0 Å². The fourth-order valence-electron chi connectivity index (χ4n) is 1.41. The molecule has 3 nitrogen and oxygen atoms in total. The lowest BCUT2D eigenvalue weighted by Gasteiger charge is -2.15. The van der Waals surface area contributed by atoms with Gasteiger partial charge in [0.1, 0.15) is 0 Å². The van der Waals surface area contributed by atoms with Gasteiger partial charge in [-0.25, -0.2) is 0 Å². The molecule has 70 valence electrons. The van der Waals surface area contributed by atoms with Gasteiger partial charge in [-0.05, 0) is 19.3 Å². The van der Waals surface area contributed by atoms with Crippen molar-refractivity contribution in [3.05, 3.63) is 0 Å². The molecule has 0 saturated carbocycles. The monoisotopic (exact) mass is 172 g/mol. The average Bonchev–Trinajstić information content (AvgIpc) is 2.55. The first-order valence-corrected chi connectivity index (χ1v) is 4.50. The maximum atomic E-state index is 11.3. The summed E-state index contributed by atoms with van der Waals surface area (Å²) < 4.78 is 10.1. The zero-order valence-corrected chi connectivity index (χ0v) is 7.71. The third-order valence-electron chi connectivity index (χ3n) is 2.33. The average molecular weight is 172 g/mol. The Morgan fingerprint density at radius 2 is 2.50 bits per heavy atom. The molecule has 3 heteroatoms. The van der Waals surface area contributed by atoms with Crippen molar-refractivity contribution in [1.82, 2.24) is 0 Å². The van der Waals surface area contributed by atoms with Gasteiger partial charge < -0.3 is 9.47 Å². The predicted octanol–water partition coefficient (Wildman–Crippen LogP) is 1.22. The van der Waals surface area contributed by atoms with Crippen LogP contribution in [0.25, 0.3) is 0 Å². The molecule has 0 N–H and O–H groups in total. The Kier molecular flexibility index (Phi) is 3.53. The van der Waals surface area contributed by atoms with Crippen LogP contribution in [0.2, 0.25) is 0 Å². The third-order valence-corrected chi connectivity index (χ3v) is 2.33. The van der Waals surface area contributed by atoms with Crippen molar-refractivity contribution in [2.24, 2.45) is 11.8 Å². The molecule has 1 heterocycles. The molecule has 0 bridgehead atoms. The Labute approximate surface area is 73.0 Å². The molecular weight excluding hydrogens is 156 g/mol. The van der Waals surface area contributed by atoms with Gasteiger partial charge in [-0.3, -0.25) is 4.79 Å². The van der Waals surface area contributed by atoms with Crippen LogP contribution >= 0.6 is 0 Å². The van der Waals surface area contributed by atoms with Gasteiger partial charge in [-0.1, -0.05) is 6.92 Å². The van der Waals surface area contributed by atoms with Gasteiger partial charge in [-0.15, -0.1) is 0 Å². The standard InChI is InChI=1S/C9H16O3/c1-3-12-9(10)7(2)8-4-5-11-6-8/h7-8H,3-6H2,1-2H3/t7-,8+/m1/s1. The van der Waals surface area contributed by atoms with E-state index in [2.05, 4.69) is 0 Å². The Hall–Kier alpha value is -0.570. The Morgan fingerprint density at radius 1 is 1.75 bits per heavy atom. The van der Waals surface area contributed by atoms with E-state index >= 15 is 0 Å². The van der Waals surface area contributed by atoms with Crippen molar-refractivity contribution in [3.8, 4) is 0 Å². The quantitative estimate of drug-likeness (QED) is 0.600. The van der Waals surface area contributed by atoms with E-state index in [1.54, 1.807) is 0 Å². The van der Waals surface area contributed by atoms with Gasteiger partial charge in [0.25, 0.3) is 0 Å². The fraction of sp³-hybridized carbons (Fsp3) is 0.889. The van der Waals surface area contributed by atoms with Crippen LogP contribution in [0.1, 0.15) is 20.3 Å². The lowest BCUT2D eigenvalue weighted by molar-refractivity contribution is -0.149. The summed E-state index contributed by atoms with van der Waals surface area (Å²) in [7, 11) is 0. The topological polar surface area (TPSA) is 35.5 Å². The summed E-state index contributed by atoms with van der Waals surface area (Å²) in [6, 6.07) is 0. The second-order valence-corrected chi connectivity index (χ2v) is 3.16. The van der Waals surface area contributed by atoms with E-state index in [4.69, 9.17) is 9.47 Å². The second-order valence-electron chi connectivity index (χ2n) is 3.16. The Bertz CT molecular complexity index is 150. The second kappa shape index (κ2) is 4.45. The molecule has 1 aliphatic heterocycles. The van der Waals surface area contributed by atoms with Crippen molar-refractivity contribution >= 4 is 5.97 Å². The van der Waals surface area contributed by atoms with Gasteiger partial charge in [0.05, 0.1) is 19.1 Å². The maximum absolute atomic E-state index is 11.3. The summed E-state index contributed by atoms with van der Waals surface area (Å²) in [5.74, 6) is 0.268. The molecule has 12 heavy (non-hydrogen) atoms. The number of carbonyl (C=O) groups excluding carboxylic acids is 1. The highest BCUT2D eigenvalue weighted by atomic mass is 16.5. The van der Waals surface area contributed by atoms with Crippen LogP contribution in [0.5, 0.6) is 0 Å². The van der Waals surface area contributed by atoms with Gasteiger partial charge in [-0.2, -0.15) is 0 Å². The molecule has 0 aromatic rings. The zero-order valence-electron chi connectivity index (χ0n) is 7.71. The molecule has 0 aromatic carbocycles. The summed E-state index contributed by atoms with van der Waals surface area (Å²) in [5, 5.41) is 0. The Morgan fingerprint density at radius 3 is 3.00 bits per heavy atom. The molecule has 0 aromatic heterocycles. The molecule has 0 unspecified atom stereocenters. The van der Waals surface area contributed by atoms with Gasteiger partial charge >= 0.3 is 5.97 Å². The SMILES string of the molecule is CCOC(=O)[C@H](C)[C@H]1CCOC1. The highest BCUT2D eigenvalue weighted by molar-refractivity contribution is 5.72. The van der Waals surface area contributed by atoms with Crippen LogP contribution in [0, 0.1) is 11.8 Å². The van der Waals surface area contributed by atoms with Gasteiger partial charge in [0.15, 0.2) is 0 Å². The van der Waals surface area contributed by atoms with E-state index in [1.165, 1.54) is 0 Å². The first-order chi connectivity index (χ1) is 5.75. The molecule has 1 rings (SSSR count). The smallest absolute Gasteiger partial charge is 0.309 e. The Balaban J connectivity index is 2.34. The van der Waals surface area contributed by atoms with E-state index in [0.717, 1.165) is 13.0 Å². The van der Waals surface area contributed by atoms with Crippen LogP contribution in [0.3, 0.4) is 0 Å². The molecule has 2 atom stereocenters. The normalized spacial score (nSPS) is 25.3. The number of carbonyl (C=O) groups is 1.